The Morgan fingerprint density at radius 1 is 0.964 bits per heavy atom. The molecule has 0 aliphatic carbocycles. The monoisotopic (exact) mass is 397 g/mol. The normalized spacial score (nSPS) is 17.0. The maximum Gasteiger partial charge on any atom is 0.171 e. The average Bonchev–Trinajstić information content (AvgIpc) is 2.74. The van der Waals surface area contributed by atoms with Gasteiger partial charge in [0.25, 0.3) is 0 Å². The molecule has 0 saturated carbocycles. The second-order valence-corrected chi connectivity index (χ2v) is 7.73. The first-order chi connectivity index (χ1) is 13.7. The lowest BCUT2D eigenvalue weighted by Gasteiger charge is -2.29. The van der Waals surface area contributed by atoms with Crippen molar-refractivity contribution < 1.29 is 9.47 Å². The fourth-order valence-corrected chi connectivity index (χ4v) is 3.99. The summed E-state index contributed by atoms with van der Waals surface area (Å²) < 4.78 is 11.2. The first-order valence-electron chi connectivity index (χ1n) is 10.0. The zero-order chi connectivity index (χ0) is 19.3. The zero-order valence-electron chi connectivity index (χ0n) is 16.2. The second-order valence-electron chi connectivity index (χ2n) is 7.32. The molecule has 0 amide bonds. The molecule has 0 spiro atoms. The molecule has 0 bridgehead atoms. The van der Waals surface area contributed by atoms with E-state index in [0.29, 0.717) is 18.3 Å². The molecule has 2 aliphatic heterocycles. The molecule has 1 fully saturated rings. The van der Waals surface area contributed by atoms with Gasteiger partial charge in [0.05, 0.1) is 6.04 Å². The van der Waals surface area contributed by atoms with Crippen LogP contribution in [-0.2, 0) is 0 Å². The highest BCUT2D eigenvalue weighted by atomic mass is 32.1. The first kappa shape index (κ1) is 18.9. The number of rotatable bonds is 4. The minimum absolute atomic E-state index is 0.118. The molecular weight excluding hydrogens is 370 g/mol. The highest BCUT2D eigenvalue weighted by Gasteiger charge is 2.14. The average molecular weight is 398 g/mol. The number of fused-ring (bicyclic) bond motifs is 1. The van der Waals surface area contributed by atoms with Crippen molar-refractivity contribution in [1.82, 2.24) is 5.32 Å². The standard InChI is InChI=1S/C22H27N3O2S/c1-16(17-5-8-19(9-6-17)25-11-3-2-4-12-25)23-22(28)24-18-7-10-20-21(15-18)27-14-13-26-20/h5-10,15-16H,2-4,11-14H2,1H3,(H2,23,24,28)/t16-/m1/s1. The molecule has 2 aliphatic rings. The van der Waals surface area contributed by atoms with Crippen LogP contribution in [-0.4, -0.2) is 31.4 Å². The van der Waals surface area contributed by atoms with Crippen molar-refractivity contribution in [3.8, 4) is 11.5 Å². The number of hydrogen-bond acceptors (Lipinski definition) is 4. The van der Waals surface area contributed by atoms with Crippen molar-refractivity contribution in [2.24, 2.45) is 0 Å². The molecule has 2 aromatic rings. The minimum atomic E-state index is 0.118. The van der Waals surface area contributed by atoms with E-state index in [1.54, 1.807) is 0 Å². The van der Waals surface area contributed by atoms with E-state index in [2.05, 4.69) is 46.7 Å². The van der Waals surface area contributed by atoms with Crippen LogP contribution in [0.5, 0.6) is 11.5 Å². The largest absolute Gasteiger partial charge is 0.486 e. The summed E-state index contributed by atoms with van der Waals surface area (Å²) in [6.07, 6.45) is 3.93. The van der Waals surface area contributed by atoms with Gasteiger partial charge in [0.1, 0.15) is 13.2 Å². The van der Waals surface area contributed by atoms with E-state index in [1.165, 1.54) is 30.5 Å². The molecule has 2 aromatic carbocycles. The van der Waals surface area contributed by atoms with E-state index < -0.39 is 0 Å². The number of benzene rings is 2. The highest BCUT2D eigenvalue weighted by Crippen LogP contribution is 2.32. The van der Waals surface area contributed by atoms with Gasteiger partial charge in [-0.05, 0) is 68.2 Å². The van der Waals surface area contributed by atoms with E-state index in [0.717, 1.165) is 30.3 Å². The Kier molecular flexibility index (Phi) is 5.86. The van der Waals surface area contributed by atoms with Crippen LogP contribution in [0.1, 0.15) is 37.8 Å². The fraction of sp³-hybridized carbons (Fsp3) is 0.409. The number of nitrogens with zero attached hydrogens (tertiary/aromatic N) is 1. The third kappa shape index (κ3) is 4.50. The van der Waals surface area contributed by atoms with E-state index in [4.69, 9.17) is 21.7 Å². The molecule has 148 valence electrons. The molecule has 0 radical (unpaired) electrons. The summed E-state index contributed by atoms with van der Waals surface area (Å²) in [5, 5.41) is 7.18. The second kappa shape index (κ2) is 8.69. The predicted molar refractivity (Wildman–Crippen MR) is 118 cm³/mol. The van der Waals surface area contributed by atoms with E-state index in [1.807, 2.05) is 18.2 Å². The van der Waals surface area contributed by atoms with Crippen molar-refractivity contribution in [3.05, 3.63) is 48.0 Å². The van der Waals surface area contributed by atoms with Crippen LogP contribution in [0.25, 0.3) is 0 Å². The Morgan fingerprint density at radius 3 is 2.43 bits per heavy atom. The van der Waals surface area contributed by atoms with Crippen molar-refractivity contribution in [3.63, 3.8) is 0 Å². The predicted octanol–water partition coefficient (Wildman–Crippen LogP) is 4.50. The Balaban J connectivity index is 1.33. The molecule has 2 N–H and O–H groups in total. The Bertz CT molecular complexity index is 819. The van der Waals surface area contributed by atoms with Crippen LogP contribution >= 0.6 is 12.2 Å². The lowest BCUT2D eigenvalue weighted by atomic mass is 10.1. The van der Waals surface area contributed by atoms with Gasteiger partial charge in [-0.15, -0.1) is 0 Å². The van der Waals surface area contributed by atoms with Gasteiger partial charge >= 0.3 is 0 Å². The SMILES string of the molecule is C[C@@H](NC(=S)Nc1ccc2c(c1)OCCO2)c1ccc(N2CCCCC2)cc1. The van der Waals surface area contributed by atoms with Crippen LogP contribution in [0, 0.1) is 0 Å². The zero-order valence-corrected chi connectivity index (χ0v) is 17.1. The van der Waals surface area contributed by atoms with E-state index in [-0.39, 0.29) is 6.04 Å². The van der Waals surface area contributed by atoms with Gasteiger partial charge in [0, 0.05) is 30.5 Å². The number of thiocarbonyl (C=S) groups is 1. The number of piperidine rings is 1. The molecule has 6 heteroatoms. The third-order valence-corrected chi connectivity index (χ3v) is 5.48. The molecule has 0 aromatic heterocycles. The maximum absolute atomic E-state index is 5.62. The van der Waals surface area contributed by atoms with Crippen LogP contribution in [0.2, 0.25) is 0 Å². The van der Waals surface area contributed by atoms with Gasteiger partial charge in [-0.1, -0.05) is 12.1 Å². The quantitative estimate of drug-likeness (QED) is 0.741. The van der Waals surface area contributed by atoms with Gasteiger partial charge in [0.15, 0.2) is 16.6 Å². The summed E-state index contributed by atoms with van der Waals surface area (Å²) in [5.41, 5.74) is 3.41. The third-order valence-electron chi connectivity index (χ3n) is 5.26. The van der Waals surface area contributed by atoms with Crippen molar-refractivity contribution >= 4 is 28.7 Å². The van der Waals surface area contributed by atoms with Crippen LogP contribution < -0.4 is 25.0 Å². The first-order valence-corrected chi connectivity index (χ1v) is 10.4. The van der Waals surface area contributed by atoms with E-state index in [9.17, 15) is 0 Å². The molecule has 4 rings (SSSR count). The molecule has 28 heavy (non-hydrogen) atoms. The smallest absolute Gasteiger partial charge is 0.171 e. The van der Waals surface area contributed by atoms with Gasteiger partial charge in [-0.2, -0.15) is 0 Å². The van der Waals surface area contributed by atoms with Crippen molar-refractivity contribution in [1.29, 1.82) is 0 Å². The maximum atomic E-state index is 5.62. The Hall–Kier alpha value is -2.47. The summed E-state index contributed by atoms with van der Waals surface area (Å²) in [4.78, 5) is 2.47. The van der Waals surface area contributed by atoms with Crippen LogP contribution in [0.3, 0.4) is 0 Å². The molecule has 5 nitrogen and oxygen atoms in total. The number of ether oxygens (including phenoxy) is 2. The van der Waals surface area contributed by atoms with Crippen LogP contribution in [0.15, 0.2) is 42.5 Å². The van der Waals surface area contributed by atoms with Gasteiger partial charge < -0.3 is 25.0 Å². The highest BCUT2D eigenvalue weighted by molar-refractivity contribution is 7.80. The molecule has 1 atom stereocenters. The van der Waals surface area contributed by atoms with E-state index >= 15 is 0 Å². The fourth-order valence-electron chi connectivity index (χ4n) is 3.69. The molecule has 1 saturated heterocycles. The summed E-state index contributed by atoms with van der Waals surface area (Å²) in [6, 6.07) is 14.7. The topological polar surface area (TPSA) is 45.8 Å². The lowest BCUT2D eigenvalue weighted by Crippen LogP contribution is -2.31. The summed E-state index contributed by atoms with van der Waals surface area (Å²) in [7, 11) is 0. The number of hydrogen-bond donors (Lipinski definition) is 2. The minimum Gasteiger partial charge on any atom is -0.486 e. The molecular formula is C22H27N3O2S. The Morgan fingerprint density at radius 2 is 1.68 bits per heavy atom. The lowest BCUT2D eigenvalue weighted by molar-refractivity contribution is 0.171. The number of anilines is 2. The van der Waals surface area contributed by atoms with Gasteiger partial charge in [-0.25, -0.2) is 0 Å². The summed E-state index contributed by atoms with van der Waals surface area (Å²) in [5.74, 6) is 1.53. The molecule has 0 unspecified atom stereocenters. The summed E-state index contributed by atoms with van der Waals surface area (Å²) >= 11 is 5.49. The van der Waals surface area contributed by atoms with Crippen LogP contribution in [0.4, 0.5) is 11.4 Å². The van der Waals surface area contributed by atoms with Gasteiger partial charge in [-0.3, -0.25) is 0 Å². The van der Waals surface area contributed by atoms with Crippen molar-refractivity contribution in [2.75, 3.05) is 36.5 Å². The number of nitrogens with one attached hydrogen (secondary N) is 2. The van der Waals surface area contributed by atoms with Crippen molar-refractivity contribution in [2.45, 2.75) is 32.2 Å². The molecule has 2 heterocycles. The Labute approximate surface area is 172 Å². The summed E-state index contributed by atoms with van der Waals surface area (Å²) in [6.45, 7) is 5.61. The van der Waals surface area contributed by atoms with Gasteiger partial charge in [0.2, 0.25) is 0 Å².